The summed E-state index contributed by atoms with van der Waals surface area (Å²) in [6.07, 6.45) is 1.60. The number of carbonyl (C=O) groups is 2. The molecule has 0 bridgehead atoms. The van der Waals surface area contributed by atoms with Crippen LogP contribution in [0.3, 0.4) is 0 Å². The smallest absolute Gasteiger partial charge is 0.341 e. The molecule has 1 aliphatic rings. The van der Waals surface area contributed by atoms with Gasteiger partial charge in [0.1, 0.15) is 17.5 Å². The van der Waals surface area contributed by atoms with Crippen molar-refractivity contribution in [3.05, 3.63) is 86.5 Å². The molecule has 9 nitrogen and oxygen atoms in total. The van der Waals surface area contributed by atoms with Crippen LogP contribution in [0.1, 0.15) is 44.9 Å². The van der Waals surface area contributed by atoms with E-state index in [2.05, 4.69) is 43.5 Å². The van der Waals surface area contributed by atoms with Gasteiger partial charge in [0.25, 0.3) is 5.56 Å². The molecule has 0 saturated carbocycles. The van der Waals surface area contributed by atoms with E-state index in [0.29, 0.717) is 45.7 Å². The van der Waals surface area contributed by atoms with Gasteiger partial charge < -0.3 is 19.3 Å². The Labute approximate surface area is 256 Å². The van der Waals surface area contributed by atoms with Crippen LogP contribution in [0, 0.1) is 3.57 Å². The van der Waals surface area contributed by atoms with Crippen LogP contribution in [0.15, 0.2) is 61.9 Å². The highest BCUT2D eigenvalue weighted by Gasteiger charge is 2.35. The molecule has 0 fully saturated rings. The van der Waals surface area contributed by atoms with Crippen molar-refractivity contribution >= 4 is 67.9 Å². The maximum Gasteiger partial charge on any atom is 0.341 e. The number of hydrogen-bond acceptors (Lipinski definition) is 8. The third-order valence-corrected chi connectivity index (χ3v) is 8.12. The zero-order chi connectivity index (χ0) is 29.1. The quantitative estimate of drug-likeness (QED) is 0.255. The highest BCUT2D eigenvalue weighted by molar-refractivity contribution is 14.1. The first-order valence-electron chi connectivity index (χ1n) is 12.3. The Morgan fingerprint density at radius 1 is 1.27 bits per heavy atom. The number of nitrogens with zero attached hydrogens (tertiary/aromatic N) is 2. The molecule has 12 heteroatoms. The lowest BCUT2D eigenvalue weighted by Crippen LogP contribution is -2.40. The lowest BCUT2D eigenvalue weighted by molar-refractivity contribution is -0.140. The molecule has 0 saturated heterocycles. The molecule has 3 aromatic rings. The molecule has 1 atom stereocenters. The number of esters is 1. The van der Waals surface area contributed by atoms with E-state index in [0.717, 1.165) is 0 Å². The minimum atomic E-state index is -1.08. The van der Waals surface area contributed by atoms with E-state index in [9.17, 15) is 14.4 Å². The van der Waals surface area contributed by atoms with E-state index in [-0.39, 0.29) is 23.8 Å². The number of aliphatic carboxylic acids is 1. The summed E-state index contributed by atoms with van der Waals surface area (Å²) in [5, 5.41) is 8.95. The molecule has 4 rings (SSSR count). The Morgan fingerprint density at radius 2 is 2.00 bits per heavy atom. The number of allylic oxidation sites excluding steroid dienone is 1. The second kappa shape index (κ2) is 12.7. The molecule has 0 spiro atoms. The van der Waals surface area contributed by atoms with Gasteiger partial charge in [0.15, 0.2) is 11.4 Å². The summed E-state index contributed by atoms with van der Waals surface area (Å²) < 4.78 is 20.0. The van der Waals surface area contributed by atoms with Crippen LogP contribution >= 0.6 is 49.9 Å². The number of carboxylic acids is 1. The fourth-order valence-electron chi connectivity index (χ4n) is 4.24. The average Bonchev–Trinajstić information content (AvgIpc) is 3.16. The van der Waals surface area contributed by atoms with E-state index in [4.69, 9.17) is 19.3 Å². The summed E-state index contributed by atoms with van der Waals surface area (Å²) in [4.78, 5) is 43.1. The van der Waals surface area contributed by atoms with Gasteiger partial charge in [-0.15, -0.1) is 0 Å². The highest BCUT2D eigenvalue weighted by Crippen LogP contribution is 2.36. The average molecular weight is 741 g/mol. The van der Waals surface area contributed by atoms with Crippen molar-refractivity contribution in [3.8, 4) is 11.5 Å². The van der Waals surface area contributed by atoms with Crippen LogP contribution < -0.4 is 24.4 Å². The van der Waals surface area contributed by atoms with E-state index >= 15 is 0 Å². The largest absolute Gasteiger partial charge is 0.491 e. The van der Waals surface area contributed by atoms with Crippen LogP contribution in [-0.2, 0) is 14.3 Å². The summed E-state index contributed by atoms with van der Waals surface area (Å²) in [7, 11) is 0. The van der Waals surface area contributed by atoms with Crippen molar-refractivity contribution in [1.29, 1.82) is 0 Å². The van der Waals surface area contributed by atoms with Gasteiger partial charge in [-0.2, -0.15) is 0 Å². The van der Waals surface area contributed by atoms with Gasteiger partial charge in [0.05, 0.1) is 36.6 Å². The Balaban J connectivity index is 1.91. The van der Waals surface area contributed by atoms with Crippen molar-refractivity contribution in [2.45, 2.75) is 39.8 Å². The molecule has 2 heterocycles. The lowest BCUT2D eigenvalue weighted by atomic mass is 9.95. The number of carbonyl (C=O) groups excluding carboxylic acids is 1. The number of aromatic nitrogens is 1. The predicted molar refractivity (Wildman–Crippen MR) is 163 cm³/mol. The number of para-hydroxylation sites is 1. The summed E-state index contributed by atoms with van der Waals surface area (Å²) >= 11 is 6.70. The molecular formula is C28H26BrIN2O7S. The van der Waals surface area contributed by atoms with E-state index in [1.165, 1.54) is 15.9 Å². The fourth-order valence-corrected chi connectivity index (χ4v) is 7.05. The van der Waals surface area contributed by atoms with E-state index in [1.807, 2.05) is 38.1 Å². The van der Waals surface area contributed by atoms with Crippen LogP contribution in [0.25, 0.3) is 6.08 Å². The summed E-state index contributed by atoms with van der Waals surface area (Å²) in [6, 6.07) is 10.1. The normalized spacial score (nSPS) is 15.1. The van der Waals surface area contributed by atoms with Crippen molar-refractivity contribution in [3.63, 3.8) is 0 Å². The van der Waals surface area contributed by atoms with Gasteiger partial charge in [0.2, 0.25) is 0 Å². The number of halogens is 2. The van der Waals surface area contributed by atoms with Crippen LogP contribution in [0.2, 0.25) is 0 Å². The molecule has 210 valence electrons. The van der Waals surface area contributed by atoms with Crippen molar-refractivity contribution in [2.24, 2.45) is 4.99 Å². The molecule has 0 aliphatic carbocycles. The van der Waals surface area contributed by atoms with Gasteiger partial charge >= 0.3 is 11.9 Å². The van der Waals surface area contributed by atoms with Gasteiger partial charge in [0, 0.05) is 5.56 Å². The molecule has 1 aliphatic heterocycles. The van der Waals surface area contributed by atoms with Crippen LogP contribution in [-0.4, -0.2) is 40.9 Å². The van der Waals surface area contributed by atoms with Crippen molar-refractivity contribution < 1.29 is 28.9 Å². The molecule has 0 radical (unpaired) electrons. The van der Waals surface area contributed by atoms with Crippen molar-refractivity contribution in [1.82, 2.24) is 4.57 Å². The molecule has 40 heavy (non-hydrogen) atoms. The predicted octanol–water partition coefficient (Wildman–Crippen LogP) is 4.42. The van der Waals surface area contributed by atoms with Crippen LogP contribution in [0.4, 0.5) is 0 Å². The standard InChI is InChI=1S/C28H26BrIN2O7S/c1-5-37-27(36)23-15(4)31-28-32(24(23)17-8-6-7-9-20(17)39-14(2)3)26(35)21(40-28)12-16-10-18(29)25(19(30)11-16)38-13-22(33)34/h6-12,14,24H,5,13H2,1-4H3,(H,33,34)/b21-12+/t24-/m0/s1. The van der Waals surface area contributed by atoms with Gasteiger partial charge in [-0.1, -0.05) is 29.5 Å². The summed E-state index contributed by atoms with van der Waals surface area (Å²) in [5.41, 5.74) is 1.77. The number of rotatable bonds is 9. The topological polar surface area (TPSA) is 116 Å². The molecule has 0 amide bonds. The van der Waals surface area contributed by atoms with Gasteiger partial charge in [-0.05, 0) is 96.1 Å². The molecule has 0 unspecified atom stereocenters. The first-order chi connectivity index (χ1) is 19.0. The van der Waals surface area contributed by atoms with E-state index in [1.54, 1.807) is 32.1 Å². The fraction of sp³-hybridized carbons (Fsp3) is 0.286. The molecule has 1 aromatic heterocycles. The number of benzene rings is 2. The van der Waals surface area contributed by atoms with Gasteiger partial charge in [-0.3, -0.25) is 9.36 Å². The first-order valence-corrected chi connectivity index (χ1v) is 15.0. The van der Waals surface area contributed by atoms with Crippen molar-refractivity contribution in [2.75, 3.05) is 13.2 Å². The minimum Gasteiger partial charge on any atom is -0.491 e. The summed E-state index contributed by atoms with van der Waals surface area (Å²) in [6.45, 7) is 6.98. The minimum absolute atomic E-state index is 0.128. The molecular weight excluding hydrogens is 715 g/mol. The Hall–Kier alpha value is -2.97. The monoisotopic (exact) mass is 740 g/mol. The maximum atomic E-state index is 13.9. The first kappa shape index (κ1) is 30.0. The second-order valence-electron chi connectivity index (χ2n) is 9.00. The molecule has 2 aromatic carbocycles. The van der Waals surface area contributed by atoms with Crippen LogP contribution in [0.5, 0.6) is 11.5 Å². The zero-order valence-electron chi connectivity index (χ0n) is 22.1. The highest BCUT2D eigenvalue weighted by atomic mass is 127. The third kappa shape index (κ3) is 6.33. The summed E-state index contributed by atoms with van der Waals surface area (Å²) in [5.74, 6) is -0.666. The number of carboxylic acid groups (broad SMARTS) is 1. The number of ether oxygens (including phenoxy) is 3. The SMILES string of the molecule is CCOC(=O)C1=C(C)N=c2s/c(=C/c3cc(Br)c(OCC(=O)O)c(I)c3)c(=O)n2[C@H]1c1ccccc1OC(C)C. The molecule has 1 N–H and O–H groups in total. The second-order valence-corrected chi connectivity index (χ2v) is 12.0. The van der Waals surface area contributed by atoms with E-state index < -0.39 is 24.6 Å². The maximum absolute atomic E-state index is 13.9. The lowest BCUT2D eigenvalue weighted by Gasteiger charge is -2.26. The zero-order valence-corrected chi connectivity index (χ0v) is 26.6. The number of fused-ring (bicyclic) bond motifs is 1. The Kier molecular flexibility index (Phi) is 9.52. The third-order valence-electron chi connectivity index (χ3n) is 5.75. The van der Waals surface area contributed by atoms with Gasteiger partial charge in [-0.25, -0.2) is 14.6 Å². The Bertz CT molecular complexity index is 1670. The number of hydrogen-bond donors (Lipinski definition) is 1. The Morgan fingerprint density at radius 3 is 2.65 bits per heavy atom. The number of thiazole rings is 1.